The number of amides is 1. The molecule has 1 aromatic rings. The molecule has 3 N–H and O–H groups in total. The van der Waals surface area contributed by atoms with E-state index in [4.69, 9.17) is 5.73 Å². The number of nitrogen functional groups attached to an aromatic ring is 1. The van der Waals surface area contributed by atoms with Gasteiger partial charge in [0.05, 0.1) is 11.4 Å². The lowest BCUT2D eigenvalue weighted by atomic mass is 10.2. The summed E-state index contributed by atoms with van der Waals surface area (Å²) in [6.07, 6.45) is 0. The molecule has 0 unspecified atom stereocenters. The Morgan fingerprint density at radius 2 is 1.90 bits per heavy atom. The summed E-state index contributed by atoms with van der Waals surface area (Å²) >= 11 is 0. The summed E-state index contributed by atoms with van der Waals surface area (Å²) in [5.74, 6) is -0.151. The molecule has 1 amide bonds. The quantitative estimate of drug-likeness (QED) is 0.802. The SMILES string of the molecule is CCn1nc(C)c(N)c1C(=O)NCCN(C(C)C)C(C)C. The molecular formula is C15H29N5O. The monoisotopic (exact) mass is 295 g/mol. The van der Waals surface area contributed by atoms with Gasteiger partial charge in [0.1, 0.15) is 5.69 Å². The third kappa shape index (κ3) is 4.20. The second-order valence-electron chi connectivity index (χ2n) is 5.84. The van der Waals surface area contributed by atoms with Gasteiger partial charge in [-0.3, -0.25) is 14.4 Å². The Morgan fingerprint density at radius 3 is 2.38 bits per heavy atom. The van der Waals surface area contributed by atoms with Gasteiger partial charge in [0.2, 0.25) is 0 Å². The van der Waals surface area contributed by atoms with Crippen molar-refractivity contribution < 1.29 is 4.79 Å². The molecule has 120 valence electrons. The Hall–Kier alpha value is -1.56. The van der Waals surface area contributed by atoms with Crippen LogP contribution in [-0.2, 0) is 6.54 Å². The number of aromatic nitrogens is 2. The highest BCUT2D eigenvalue weighted by molar-refractivity contribution is 5.97. The number of aryl methyl sites for hydroxylation is 2. The number of nitrogens with two attached hydrogens (primary N) is 1. The van der Waals surface area contributed by atoms with Gasteiger partial charge in [-0.05, 0) is 41.5 Å². The number of hydrogen-bond acceptors (Lipinski definition) is 4. The predicted molar refractivity (Wildman–Crippen MR) is 86.4 cm³/mol. The van der Waals surface area contributed by atoms with Crippen molar-refractivity contribution in [2.24, 2.45) is 0 Å². The zero-order chi connectivity index (χ0) is 16.2. The molecule has 6 heteroatoms. The zero-order valence-corrected chi connectivity index (χ0v) is 14.1. The molecule has 1 aromatic heterocycles. The van der Waals surface area contributed by atoms with Crippen LogP contribution in [0.3, 0.4) is 0 Å². The van der Waals surface area contributed by atoms with E-state index in [9.17, 15) is 4.79 Å². The zero-order valence-electron chi connectivity index (χ0n) is 14.1. The van der Waals surface area contributed by atoms with Crippen LogP contribution in [0.25, 0.3) is 0 Å². The first-order valence-electron chi connectivity index (χ1n) is 7.66. The average molecular weight is 295 g/mol. The van der Waals surface area contributed by atoms with E-state index >= 15 is 0 Å². The van der Waals surface area contributed by atoms with E-state index in [0.29, 0.717) is 42.2 Å². The average Bonchev–Trinajstić information content (AvgIpc) is 2.69. The highest BCUT2D eigenvalue weighted by atomic mass is 16.2. The molecule has 0 aliphatic heterocycles. The molecule has 0 saturated heterocycles. The second-order valence-corrected chi connectivity index (χ2v) is 5.84. The standard InChI is InChI=1S/C15H29N5O/c1-7-20-14(13(16)12(6)18-20)15(21)17-8-9-19(10(2)3)11(4)5/h10-11H,7-9,16H2,1-6H3,(H,17,21). The molecule has 0 fully saturated rings. The van der Waals surface area contributed by atoms with Crippen LogP contribution >= 0.6 is 0 Å². The molecule has 21 heavy (non-hydrogen) atoms. The molecule has 0 aromatic carbocycles. The van der Waals surface area contributed by atoms with Gasteiger partial charge < -0.3 is 11.1 Å². The van der Waals surface area contributed by atoms with Crippen molar-refractivity contribution in [3.8, 4) is 0 Å². The smallest absolute Gasteiger partial charge is 0.271 e. The maximum atomic E-state index is 12.3. The Bertz CT molecular complexity index is 471. The van der Waals surface area contributed by atoms with Crippen molar-refractivity contribution in [2.45, 2.75) is 60.2 Å². The molecule has 0 radical (unpaired) electrons. The van der Waals surface area contributed by atoms with Gasteiger partial charge in [-0.2, -0.15) is 5.10 Å². The van der Waals surface area contributed by atoms with E-state index < -0.39 is 0 Å². The second kappa shape index (κ2) is 7.45. The first-order valence-corrected chi connectivity index (χ1v) is 7.66. The topological polar surface area (TPSA) is 76.2 Å². The van der Waals surface area contributed by atoms with Crippen molar-refractivity contribution in [3.63, 3.8) is 0 Å². The van der Waals surface area contributed by atoms with Gasteiger partial charge in [-0.15, -0.1) is 0 Å². The Balaban J connectivity index is 2.66. The number of anilines is 1. The van der Waals surface area contributed by atoms with Crippen molar-refractivity contribution in [1.29, 1.82) is 0 Å². The molecule has 0 bridgehead atoms. The first kappa shape index (κ1) is 17.5. The molecule has 0 aliphatic rings. The van der Waals surface area contributed by atoms with Crippen LogP contribution in [0.5, 0.6) is 0 Å². The highest BCUT2D eigenvalue weighted by Gasteiger charge is 2.19. The number of carbonyl (C=O) groups excluding carboxylic acids is 1. The molecule has 0 aliphatic carbocycles. The van der Waals surface area contributed by atoms with E-state index in [1.54, 1.807) is 4.68 Å². The molecule has 0 spiro atoms. The summed E-state index contributed by atoms with van der Waals surface area (Å²) < 4.78 is 1.66. The molecular weight excluding hydrogens is 266 g/mol. The van der Waals surface area contributed by atoms with Crippen molar-refractivity contribution in [1.82, 2.24) is 20.0 Å². The summed E-state index contributed by atoms with van der Waals surface area (Å²) in [5.41, 5.74) is 7.59. The third-order valence-corrected chi connectivity index (χ3v) is 3.67. The highest BCUT2D eigenvalue weighted by Crippen LogP contribution is 2.16. The molecule has 1 heterocycles. The Labute approximate surface area is 127 Å². The minimum atomic E-state index is -0.151. The summed E-state index contributed by atoms with van der Waals surface area (Å²) in [5, 5.41) is 7.22. The van der Waals surface area contributed by atoms with Crippen molar-refractivity contribution in [3.05, 3.63) is 11.4 Å². The van der Waals surface area contributed by atoms with Gasteiger partial charge >= 0.3 is 0 Å². The largest absolute Gasteiger partial charge is 0.395 e. The van der Waals surface area contributed by atoms with Gasteiger partial charge in [0.25, 0.3) is 5.91 Å². The summed E-state index contributed by atoms with van der Waals surface area (Å²) in [4.78, 5) is 14.6. The number of carbonyl (C=O) groups is 1. The van der Waals surface area contributed by atoms with E-state index in [1.165, 1.54) is 0 Å². The predicted octanol–water partition coefficient (Wildman–Crippen LogP) is 1.64. The van der Waals surface area contributed by atoms with Crippen molar-refractivity contribution >= 4 is 11.6 Å². The Kier molecular flexibility index (Phi) is 6.20. The Morgan fingerprint density at radius 1 is 1.33 bits per heavy atom. The lowest BCUT2D eigenvalue weighted by Gasteiger charge is -2.30. The number of rotatable bonds is 7. The minimum Gasteiger partial charge on any atom is -0.395 e. The van der Waals surface area contributed by atoms with E-state index in [1.807, 2.05) is 13.8 Å². The van der Waals surface area contributed by atoms with Crippen LogP contribution in [0, 0.1) is 6.92 Å². The fraction of sp³-hybridized carbons (Fsp3) is 0.733. The summed E-state index contributed by atoms with van der Waals surface area (Å²) in [6, 6.07) is 0.908. The van der Waals surface area contributed by atoms with E-state index in [-0.39, 0.29) is 5.91 Å². The number of nitrogens with one attached hydrogen (secondary N) is 1. The lowest BCUT2D eigenvalue weighted by Crippen LogP contribution is -2.42. The molecule has 0 atom stereocenters. The van der Waals surface area contributed by atoms with Gasteiger partial charge in [0.15, 0.2) is 0 Å². The van der Waals surface area contributed by atoms with Crippen LogP contribution in [0.1, 0.15) is 50.8 Å². The van der Waals surface area contributed by atoms with Gasteiger partial charge in [0, 0.05) is 31.7 Å². The first-order chi connectivity index (χ1) is 9.79. The van der Waals surface area contributed by atoms with Gasteiger partial charge in [-0.1, -0.05) is 0 Å². The van der Waals surface area contributed by atoms with Gasteiger partial charge in [-0.25, -0.2) is 0 Å². The molecule has 0 saturated carbocycles. The summed E-state index contributed by atoms with van der Waals surface area (Å²) in [6.45, 7) is 14.5. The van der Waals surface area contributed by atoms with Crippen LogP contribution < -0.4 is 11.1 Å². The molecule has 1 rings (SSSR count). The lowest BCUT2D eigenvalue weighted by molar-refractivity contribution is 0.0929. The van der Waals surface area contributed by atoms with E-state index in [2.05, 4.69) is 43.0 Å². The van der Waals surface area contributed by atoms with Crippen LogP contribution in [-0.4, -0.2) is 45.8 Å². The van der Waals surface area contributed by atoms with Crippen LogP contribution in [0.2, 0.25) is 0 Å². The number of nitrogens with zero attached hydrogens (tertiary/aromatic N) is 3. The maximum absolute atomic E-state index is 12.3. The fourth-order valence-corrected chi connectivity index (χ4v) is 2.56. The third-order valence-electron chi connectivity index (χ3n) is 3.67. The van der Waals surface area contributed by atoms with Crippen molar-refractivity contribution in [2.75, 3.05) is 18.8 Å². The minimum absolute atomic E-state index is 0.151. The fourth-order valence-electron chi connectivity index (χ4n) is 2.56. The van der Waals surface area contributed by atoms with Crippen LogP contribution in [0.15, 0.2) is 0 Å². The summed E-state index contributed by atoms with van der Waals surface area (Å²) in [7, 11) is 0. The normalized spacial score (nSPS) is 11.7. The van der Waals surface area contributed by atoms with E-state index in [0.717, 1.165) is 6.54 Å². The van der Waals surface area contributed by atoms with Crippen LogP contribution in [0.4, 0.5) is 5.69 Å². The number of hydrogen-bond donors (Lipinski definition) is 2. The maximum Gasteiger partial charge on any atom is 0.271 e. The molecule has 6 nitrogen and oxygen atoms in total.